The molecule has 1 aliphatic carbocycles. The number of anilines is 6. The minimum absolute atomic E-state index is 0.0521. The van der Waals surface area contributed by atoms with Gasteiger partial charge in [-0.15, -0.1) is 0 Å². The van der Waals surface area contributed by atoms with E-state index in [2.05, 4.69) is 304 Å². The van der Waals surface area contributed by atoms with Gasteiger partial charge in [0.2, 0.25) is 0 Å². The standard InChI is InChI=1S/C73H82N2/c1-67(2,3)49-24-33-53(34-25-49)74(54-35-26-50(27-36-54)68(4,5)6)57-32-23-47-44-63-64(45-48(47)43-57)73(71(13,14)15,72(16,17)18)66-61-42-41-58(46-62(61)59-21-19-20-22-60(59)65(63)66)75(55-37-28-51(29-38-55)69(7,8)9)56-39-30-52(31-40-56)70(10,11)12/h19-46H,1-18H3. The van der Waals surface area contributed by atoms with Crippen LogP contribution in [0.4, 0.5) is 34.1 Å². The fraction of sp³-hybridized carbons (Fsp3) is 0.342. The first-order chi connectivity index (χ1) is 35.0. The summed E-state index contributed by atoms with van der Waals surface area (Å²) < 4.78 is 0. The zero-order valence-corrected chi connectivity index (χ0v) is 48.6. The molecule has 0 unspecified atom stereocenters. The van der Waals surface area contributed by atoms with E-state index in [1.165, 1.54) is 76.8 Å². The number of benzene rings is 9. The lowest BCUT2D eigenvalue weighted by atomic mass is 9.49. The van der Waals surface area contributed by atoms with Crippen LogP contribution in [0.2, 0.25) is 0 Å². The average molecular weight is 987 g/mol. The number of hydrogen-bond acceptors (Lipinski definition) is 2. The highest BCUT2D eigenvalue weighted by Gasteiger charge is 2.59. The van der Waals surface area contributed by atoms with Crippen molar-refractivity contribution in [3.05, 3.63) is 203 Å². The monoisotopic (exact) mass is 987 g/mol. The first-order valence-corrected chi connectivity index (χ1v) is 27.6. The Labute approximate surface area is 450 Å². The second-order valence-electron chi connectivity index (χ2n) is 28.1. The van der Waals surface area contributed by atoms with Gasteiger partial charge >= 0.3 is 0 Å². The van der Waals surface area contributed by atoms with Crippen LogP contribution in [-0.2, 0) is 27.1 Å². The predicted octanol–water partition coefficient (Wildman–Crippen LogP) is 21.6. The molecule has 10 rings (SSSR count). The zero-order chi connectivity index (χ0) is 54.0. The van der Waals surface area contributed by atoms with Crippen LogP contribution in [0, 0.1) is 10.8 Å². The van der Waals surface area contributed by atoms with E-state index in [9.17, 15) is 0 Å². The molecular weight excluding hydrogens is 905 g/mol. The maximum Gasteiger partial charge on any atom is 0.0468 e. The van der Waals surface area contributed by atoms with Crippen LogP contribution < -0.4 is 9.80 Å². The Kier molecular flexibility index (Phi) is 12.2. The number of hydrogen-bond donors (Lipinski definition) is 0. The van der Waals surface area contributed by atoms with Crippen LogP contribution in [0.25, 0.3) is 43.4 Å². The Bertz CT molecular complexity index is 3470. The van der Waals surface area contributed by atoms with E-state index in [0.717, 1.165) is 34.1 Å². The maximum atomic E-state index is 2.59. The zero-order valence-electron chi connectivity index (χ0n) is 48.6. The van der Waals surface area contributed by atoms with Gasteiger partial charge in [-0.05, 0) is 194 Å². The third-order valence-electron chi connectivity index (χ3n) is 16.8. The molecule has 2 nitrogen and oxygen atoms in total. The molecule has 9 aromatic carbocycles. The van der Waals surface area contributed by atoms with Gasteiger partial charge in [-0.2, -0.15) is 0 Å². The highest BCUT2D eigenvalue weighted by Crippen LogP contribution is 2.68. The molecule has 0 fully saturated rings. The summed E-state index contributed by atoms with van der Waals surface area (Å²) in [6.07, 6.45) is 0. The summed E-state index contributed by atoms with van der Waals surface area (Å²) in [7, 11) is 0. The van der Waals surface area contributed by atoms with Crippen LogP contribution in [0.3, 0.4) is 0 Å². The van der Waals surface area contributed by atoms with Crippen LogP contribution in [0.5, 0.6) is 0 Å². The number of fused-ring (bicyclic) bond motifs is 9. The molecule has 0 spiro atoms. The van der Waals surface area contributed by atoms with Crippen LogP contribution in [-0.4, -0.2) is 0 Å². The first-order valence-electron chi connectivity index (χ1n) is 27.6. The molecular formula is C73H82N2. The van der Waals surface area contributed by atoms with E-state index >= 15 is 0 Å². The van der Waals surface area contributed by atoms with Crippen LogP contribution in [0.1, 0.15) is 158 Å². The molecule has 0 radical (unpaired) electrons. The lowest BCUT2D eigenvalue weighted by Gasteiger charge is -2.53. The number of rotatable bonds is 6. The second-order valence-corrected chi connectivity index (χ2v) is 28.1. The molecule has 0 bridgehead atoms. The summed E-state index contributed by atoms with van der Waals surface area (Å²) >= 11 is 0. The fourth-order valence-corrected chi connectivity index (χ4v) is 13.1. The van der Waals surface area contributed by atoms with E-state index < -0.39 is 0 Å². The second kappa shape index (κ2) is 17.7. The molecule has 1 aliphatic rings. The third kappa shape index (κ3) is 8.85. The van der Waals surface area contributed by atoms with Gasteiger partial charge < -0.3 is 9.80 Å². The van der Waals surface area contributed by atoms with E-state index in [0.29, 0.717) is 0 Å². The van der Waals surface area contributed by atoms with E-state index in [1.807, 2.05) is 0 Å². The van der Waals surface area contributed by atoms with Crippen molar-refractivity contribution in [2.75, 3.05) is 9.80 Å². The highest BCUT2D eigenvalue weighted by atomic mass is 15.1. The van der Waals surface area contributed by atoms with Crippen LogP contribution in [0.15, 0.2) is 170 Å². The summed E-state index contributed by atoms with van der Waals surface area (Å²) in [5.41, 5.74) is 17.3. The molecule has 384 valence electrons. The molecule has 0 atom stereocenters. The van der Waals surface area contributed by atoms with Gasteiger partial charge in [0.1, 0.15) is 0 Å². The predicted molar refractivity (Wildman–Crippen MR) is 328 cm³/mol. The van der Waals surface area contributed by atoms with Crippen molar-refractivity contribution in [2.45, 2.75) is 152 Å². The minimum atomic E-state index is -0.380. The van der Waals surface area contributed by atoms with Crippen molar-refractivity contribution in [3.63, 3.8) is 0 Å². The summed E-state index contributed by atoms with van der Waals surface area (Å²) in [5.74, 6) is 0. The minimum Gasteiger partial charge on any atom is -0.310 e. The Morgan fingerprint density at radius 1 is 0.293 bits per heavy atom. The Morgan fingerprint density at radius 3 is 1.04 bits per heavy atom. The van der Waals surface area contributed by atoms with Gasteiger partial charge in [0, 0.05) is 39.5 Å². The van der Waals surface area contributed by atoms with Crippen molar-refractivity contribution in [2.24, 2.45) is 10.8 Å². The van der Waals surface area contributed by atoms with Crippen molar-refractivity contribution >= 4 is 66.4 Å². The van der Waals surface area contributed by atoms with Gasteiger partial charge in [0.15, 0.2) is 0 Å². The Hall–Kier alpha value is -6.64. The normalized spacial score (nSPS) is 14.1. The van der Waals surface area contributed by atoms with Crippen molar-refractivity contribution in [1.29, 1.82) is 0 Å². The van der Waals surface area contributed by atoms with Gasteiger partial charge in [-0.25, -0.2) is 0 Å². The Balaban J connectivity index is 1.21. The lowest BCUT2D eigenvalue weighted by Crippen LogP contribution is -2.50. The topological polar surface area (TPSA) is 6.48 Å². The molecule has 75 heavy (non-hydrogen) atoms. The Morgan fingerprint density at radius 2 is 0.653 bits per heavy atom. The highest BCUT2D eigenvalue weighted by molar-refractivity contribution is 6.20. The molecule has 0 N–H and O–H groups in total. The molecule has 0 aliphatic heterocycles. The summed E-state index contributed by atoms with van der Waals surface area (Å²) in [4.78, 5) is 4.90. The van der Waals surface area contributed by atoms with Crippen molar-refractivity contribution in [3.8, 4) is 11.1 Å². The lowest BCUT2D eigenvalue weighted by molar-refractivity contribution is 0.0965. The van der Waals surface area contributed by atoms with E-state index in [4.69, 9.17) is 0 Å². The molecule has 0 saturated carbocycles. The van der Waals surface area contributed by atoms with Gasteiger partial charge in [0.25, 0.3) is 0 Å². The van der Waals surface area contributed by atoms with Gasteiger partial charge in [0.05, 0.1) is 0 Å². The first kappa shape index (κ1) is 51.8. The number of nitrogens with zero attached hydrogens (tertiary/aromatic N) is 2. The van der Waals surface area contributed by atoms with Gasteiger partial charge in [-0.1, -0.05) is 210 Å². The van der Waals surface area contributed by atoms with Crippen LogP contribution >= 0.6 is 0 Å². The van der Waals surface area contributed by atoms with E-state index in [-0.39, 0.29) is 37.9 Å². The molecule has 9 aromatic rings. The molecule has 0 amide bonds. The summed E-state index contributed by atoms with van der Waals surface area (Å²) in [6, 6.07) is 65.8. The van der Waals surface area contributed by atoms with Crippen molar-refractivity contribution in [1.82, 2.24) is 0 Å². The maximum absolute atomic E-state index is 2.59. The molecule has 0 saturated heterocycles. The molecule has 2 heteroatoms. The average Bonchev–Trinajstić information content (AvgIpc) is 3.66. The fourth-order valence-electron chi connectivity index (χ4n) is 13.1. The van der Waals surface area contributed by atoms with Crippen molar-refractivity contribution < 1.29 is 0 Å². The molecule has 0 heterocycles. The molecule has 0 aromatic heterocycles. The SMILES string of the molecule is CC(C)(C)c1ccc(N(c2ccc(C(C)(C)C)cc2)c2ccc3cc4c(cc3c2)C(C(C)(C)C)(C(C)(C)C)c2c-4c3ccccc3c3cc(N(c4ccc(C(C)(C)C)cc4)c4ccc(C(C)(C)C)cc4)ccc23)cc1. The van der Waals surface area contributed by atoms with Gasteiger partial charge in [-0.3, -0.25) is 0 Å². The smallest absolute Gasteiger partial charge is 0.0468 e. The van der Waals surface area contributed by atoms with E-state index in [1.54, 1.807) is 0 Å². The largest absolute Gasteiger partial charge is 0.310 e. The summed E-state index contributed by atoms with van der Waals surface area (Å²) in [5, 5.41) is 7.70. The summed E-state index contributed by atoms with van der Waals surface area (Å²) in [6.45, 7) is 42.4. The third-order valence-corrected chi connectivity index (χ3v) is 16.8. The quantitative estimate of drug-likeness (QED) is 0.153.